The number of aliphatic carboxylic acids is 1. The summed E-state index contributed by atoms with van der Waals surface area (Å²) in [6.45, 7) is 9.80. The van der Waals surface area contributed by atoms with E-state index >= 15 is 0 Å². The SMILES string of the molecule is CC1(C)CCC(C)(C)c2cc(COc3ccc([C@@H](CC(=O)O)c4ccon4)cc3)ccc21. The number of carbonyl (C=O) groups is 1. The Labute approximate surface area is 189 Å². The number of rotatable bonds is 7. The third-order valence-electron chi connectivity index (χ3n) is 6.80. The van der Waals surface area contributed by atoms with Gasteiger partial charge in [0.15, 0.2) is 0 Å². The van der Waals surface area contributed by atoms with Crippen molar-refractivity contribution < 1.29 is 19.2 Å². The molecule has 3 aromatic rings. The van der Waals surface area contributed by atoms with Crippen LogP contribution < -0.4 is 4.74 Å². The second kappa shape index (κ2) is 8.45. The molecule has 1 heterocycles. The van der Waals surface area contributed by atoms with E-state index in [1.54, 1.807) is 6.07 Å². The van der Waals surface area contributed by atoms with E-state index in [0.717, 1.165) is 16.9 Å². The normalized spacial score (nSPS) is 17.4. The van der Waals surface area contributed by atoms with Crippen LogP contribution in [0.15, 0.2) is 59.3 Å². The summed E-state index contributed by atoms with van der Waals surface area (Å²) < 4.78 is 11.0. The zero-order chi connectivity index (χ0) is 22.9. The molecule has 0 amide bonds. The van der Waals surface area contributed by atoms with E-state index in [1.165, 1.54) is 30.2 Å². The number of benzene rings is 2. The lowest BCUT2D eigenvalue weighted by Gasteiger charge is -2.42. The summed E-state index contributed by atoms with van der Waals surface area (Å²) in [5.41, 5.74) is 5.88. The molecular weight excluding hydrogens is 402 g/mol. The fourth-order valence-corrected chi connectivity index (χ4v) is 4.66. The molecule has 2 aromatic carbocycles. The Morgan fingerprint density at radius 1 is 1.03 bits per heavy atom. The van der Waals surface area contributed by atoms with Gasteiger partial charge in [-0.25, -0.2) is 0 Å². The molecule has 5 nitrogen and oxygen atoms in total. The van der Waals surface area contributed by atoms with E-state index in [9.17, 15) is 9.90 Å². The van der Waals surface area contributed by atoms with Crippen molar-refractivity contribution in [1.29, 1.82) is 0 Å². The number of carboxylic acid groups (broad SMARTS) is 1. The van der Waals surface area contributed by atoms with Gasteiger partial charge in [-0.15, -0.1) is 0 Å². The Bertz CT molecular complexity index is 1080. The zero-order valence-corrected chi connectivity index (χ0v) is 19.2. The molecule has 32 heavy (non-hydrogen) atoms. The van der Waals surface area contributed by atoms with Gasteiger partial charge >= 0.3 is 5.97 Å². The van der Waals surface area contributed by atoms with E-state index in [4.69, 9.17) is 9.26 Å². The molecule has 4 rings (SSSR count). The summed E-state index contributed by atoms with van der Waals surface area (Å²) in [6, 6.07) is 16.0. The average molecular weight is 434 g/mol. The van der Waals surface area contributed by atoms with E-state index in [2.05, 4.69) is 51.1 Å². The molecule has 1 N–H and O–H groups in total. The van der Waals surface area contributed by atoms with Crippen LogP contribution in [0.1, 0.15) is 80.8 Å². The quantitative estimate of drug-likeness (QED) is 0.480. The highest BCUT2D eigenvalue weighted by Gasteiger charge is 2.36. The second-order valence-corrected chi connectivity index (χ2v) is 10.1. The summed E-state index contributed by atoms with van der Waals surface area (Å²) in [5.74, 6) is -0.483. The largest absolute Gasteiger partial charge is 0.489 e. The van der Waals surface area contributed by atoms with Crippen molar-refractivity contribution in [2.24, 2.45) is 0 Å². The first-order valence-electron chi connectivity index (χ1n) is 11.1. The summed E-state index contributed by atoms with van der Waals surface area (Å²) in [5, 5.41) is 13.2. The number of hydrogen-bond acceptors (Lipinski definition) is 4. The molecule has 0 bridgehead atoms. The van der Waals surface area contributed by atoms with Crippen LogP contribution in [0.4, 0.5) is 0 Å². The smallest absolute Gasteiger partial charge is 0.304 e. The lowest BCUT2D eigenvalue weighted by atomic mass is 9.63. The molecule has 0 radical (unpaired) electrons. The van der Waals surface area contributed by atoms with Gasteiger partial charge in [0.05, 0.1) is 12.1 Å². The van der Waals surface area contributed by atoms with Crippen molar-refractivity contribution in [2.45, 2.75) is 70.3 Å². The fourth-order valence-electron chi connectivity index (χ4n) is 4.66. The third-order valence-corrected chi connectivity index (χ3v) is 6.80. The molecule has 0 saturated heterocycles. The maximum Gasteiger partial charge on any atom is 0.304 e. The average Bonchev–Trinajstić information content (AvgIpc) is 3.29. The van der Waals surface area contributed by atoms with Crippen LogP contribution in [0.2, 0.25) is 0 Å². The third kappa shape index (κ3) is 4.57. The number of aromatic nitrogens is 1. The highest BCUT2D eigenvalue weighted by atomic mass is 16.5. The van der Waals surface area contributed by atoms with Gasteiger partial charge in [-0.3, -0.25) is 4.79 Å². The van der Waals surface area contributed by atoms with E-state index in [0.29, 0.717) is 12.3 Å². The maximum absolute atomic E-state index is 11.3. The van der Waals surface area contributed by atoms with Gasteiger partial charge < -0.3 is 14.4 Å². The van der Waals surface area contributed by atoms with Gasteiger partial charge in [-0.05, 0) is 58.1 Å². The fraction of sp³-hybridized carbons (Fsp3) is 0.407. The molecule has 168 valence electrons. The van der Waals surface area contributed by atoms with Gasteiger partial charge in [0.2, 0.25) is 0 Å². The molecule has 0 fully saturated rings. The first-order chi connectivity index (χ1) is 15.2. The molecule has 0 unspecified atom stereocenters. The van der Waals surface area contributed by atoms with Gasteiger partial charge in [0.25, 0.3) is 0 Å². The molecule has 1 aliphatic rings. The molecule has 0 saturated carbocycles. The standard InChI is InChI=1S/C27H31NO4/c1-26(2)12-13-27(3,4)23-15-18(5-10-22(23)26)17-31-20-8-6-19(7-9-20)21(16-25(29)30)24-11-14-32-28-24/h5-11,14-15,21H,12-13,16-17H2,1-4H3,(H,29,30)/t21-/m1/s1. The topological polar surface area (TPSA) is 72.6 Å². The Kier molecular flexibility index (Phi) is 5.85. The van der Waals surface area contributed by atoms with Crippen LogP contribution in [0.3, 0.4) is 0 Å². The Morgan fingerprint density at radius 3 is 2.34 bits per heavy atom. The van der Waals surface area contributed by atoms with Gasteiger partial charge in [0.1, 0.15) is 18.6 Å². The van der Waals surface area contributed by atoms with Crippen molar-refractivity contribution in [1.82, 2.24) is 5.16 Å². The van der Waals surface area contributed by atoms with Crippen molar-refractivity contribution in [3.8, 4) is 5.75 Å². The second-order valence-electron chi connectivity index (χ2n) is 10.1. The van der Waals surface area contributed by atoms with Crippen molar-refractivity contribution >= 4 is 5.97 Å². The van der Waals surface area contributed by atoms with Gasteiger partial charge in [0, 0.05) is 12.0 Å². The molecule has 1 aromatic heterocycles. The molecule has 5 heteroatoms. The van der Waals surface area contributed by atoms with Crippen LogP contribution in [0.5, 0.6) is 5.75 Å². The number of nitrogens with zero attached hydrogens (tertiary/aromatic N) is 1. The van der Waals surface area contributed by atoms with E-state index < -0.39 is 5.97 Å². The number of ether oxygens (including phenoxy) is 1. The zero-order valence-electron chi connectivity index (χ0n) is 19.2. The number of hydrogen-bond donors (Lipinski definition) is 1. The molecule has 1 atom stereocenters. The highest BCUT2D eigenvalue weighted by Crippen LogP contribution is 2.46. The molecule has 1 aliphatic carbocycles. The lowest BCUT2D eigenvalue weighted by Crippen LogP contribution is -2.33. The minimum absolute atomic E-state index is 0.0476. The van der Waals surface area contributed by atoms with E-state index in [1.807, 2.05) is 24.3 Å². The first kappa shape index (κ1) is 22.1. The van der Waals surface area contributed by atoms with Crippen molar-refractivity contribution in [3.63, 3.8) is 0 Å². The van der Waals surface area contributed by atoms with Crippen molar-refractivity contribution in [2.75, 3.05) is 0 Å². The van der Waals surface area contributed by atoms with Gasteiger partial charge in [-0.2, -0.15) is 0 Å². The predicted octanol–water partition coefficient (Wildman–Crippen LogP) is 6.21. The van der Waals surface area contributed by atoms with Crippen LogP contribution in [-0.4, -0.2) is 16.2 Å². The molecule has 0 spiro atoms. The van der Waals surface area contributed by atoms with Crippen molar-refractivity contribution in [3.05, 3.63) is 82.7 Å². The monoisotopic (exact) mass is 433 g/mol. The van der Waals surface area contributed by atoms with Crippen LogP contribution >= 0.6 is 0 Å². The van der Waals surface area contributed by atoms with Gasteiger partial charge in [-0.1, -0.05) is 63.2 Å². The van der Waals surface area contributed by atoms with E-state index in [-0.39, 0.29) is 23.2 Å². The molecule has 0 aliphatic heterocycles. The Balaban J connectivity index is 1.49. The number of fused-ring (bicyclic) bond motifs is 1. The summed E-state index contributed by atoms with van der Waals surface area (Å²) in [6.07, 6.45) is 3.80. The molecular formula is C27H31NO4. The summed E-state index contributed by atoms with van der Waals surface area (Å²) >= 11 is 0. The predicted molar refractivity (Wildman–Crippen MR) is 123 cm³/mol. The first-order valence-corrected chi connectivity index (χ1v) is 11.1. The van der Waals surface area contributed by atoms with Crippen LogP contribution in [0, 0.1) is 0 Å². The number of carboxylic acids is 1. The van der Waals surface area contributed by atoms with Crippen LogP contribution in [0.25, 0.3) is 0 Å². The summed E-state index contributed by atoms with van der Waals surface area (Å²) in [4.78, 5) is 11.3. The minimum Gasteiger partial charge on any atom is -0.489 e. The highest BCUT2D eigenvalue weighted by molar-refractivity contribution is 5.68. The Morgan fingerprint density at radius 2 is 1.72 bits per heavy atom. The maximum atomic E-state index is 11.3. The minimum atomic E-state index is -0.878. The van der Waals surface area contributed by atoms with Crippen LogP contribution in [-0.2, 0) is 22.2 Å². The Hall–Kier alpha value is -3.08. The summed E-state index contributed by atoms with van der Waals surface area (Å²) in [7, 11) is 0. The lowest BCUT2D eigenvalue weighted by molar-refractivity contribution is -0.137.